The highest BCUT2D eigenvalue weighted by atomic mass is 16.1. The summed E-state index contributed by atoms with van der Waals surface area (Å²) in [6, 6.07) is 2.43. The van der Waals surface area contributed by atoms with E-state index in [4.69, 9.17) is 5.73 Å². The second-order valence-electron chi connectivity index (χ2n) is 5.43. The summed E-state index contributed by atoms with van der Waals surface area (Å²) in [5, 5.41) is 3.13. The van der Waals surface area contributed by atoms with E-state index in [0.717, 1.165) is 13.0 Å². The molecule has 0 aromatic carbocycles. The molecule has 2 fully saturated rings. The number of rotatable bonds is 2. The number of hydrogen-bond donors (Lipinski definition) is 2. The van der Waals surface area contributed by atoms with Gasteiger partial charge in [-0.25, -0.2) is 0 Å². The predicted octanol–water partition coefficient (Wildman–Crippen LogP) is 1.02. The predicted molar refractivity (Wildman–Crippen MR) is 73.7 cm³/mol. The Bertz CT molecular complexity index is 476. The molecule has 0 saturated carbocycles. The van der Waals surface area contributed by atoms with Gasteiger partial charge in [0.05, 0.1) is 5.56 Å². The molecule has 2 unspecified atom stereocenters. The molecular weight excluding hydrogens is 240 g/mol. The Morgan fingerprint density at radius 1 is 1.37 bits per heavy atom. The molecule has 102 valence electrons. The van der Waals surface area contributed by atoms with Crippen molar-refractivity contribution in [3.05, 3.63) is 24.0 Å². The summed E-state index contributed by atoms with van der Waals surface area (Å²) in [5.74, 6) is -0.0944. The van der Waals surface area contributed by atoms with Crippen LogP contribution in [0.2, 0.25) is 0 Å². The molecule has 0 aliphatic carbocycles. The number of anilines is 1. The number of carbonyl (C=O) groups excluding carboxylic acids is 1. The van der Waals surface area contributed by atoms with Crippen molar-refractivity contribution in [3.63, 3.8) is 0 Å². The number of nitrogen functional groups attached to an aromatic ring is 1. The molecular formula is C14H20N4O. The lowest BCUT2D eigenvalue weighted by Crippen LogP contribution is -2.46. The second kappa shape index (κ2) is 5.17. The molecule has 1 amide bonds. The van der Waals surface area contributed by atoms with Gasteiger partial charge in [0.1, 0.15) is 0 Å². The normalized spacial score (nSPS) is 26.9. The van der Waals surface area contributed by atoms with Gasteiger partial charge in [-0.1, -0.05) is 6.42 Å². The number of aromatic nitrogens is 1. The molecule has 2 aliphatic rings. The molecule has 1 aromatic rings. The maximum absolute atomic E-state index is 12.2. The van der Waals surface area contributed by atoms with Crippen LogP contribution in [-0.2, 0) is 0 Å². The molecule has 0 bridgehead atoms. The summed E-state index contributed by atoms with van der Waals surface area (Å²) in [6.07, 6.45) is 7.92. The Balaban J connectivity index is 1.68. The van der Waals surface area contributed by atoms with Crippen LogP contribution < -0.4 is 11.1 Å². The van der Waals surface area contributed by atoms with Crippen molar-refractivity contribution in [1.29, 1.82) is 0 Å². The Kier molecular flexibility index (Phi) is 3.38. The third-order valence-electron chi connectivity index (χ3n) is 4.27. The Labute approximate surface area is 113 Å². The quantitative estimate of drug-likeness (QED) is 0.833. The fourth-order valence-electron chi connectivity index (χ4n) is 3.26. The standard InChI is InChI=1S/C14H20N4O/c15-11-4-6-16-9-10(11)14(19)17-12-5-8-18-7-2-1-3-13(12)18/h4,6,9,12-13H,1-3,5,7-8H2,(H2,15,16)(H,17,19). The van der Waals surface area contributed by atoms with Gasteiger partial charge in [0.25, 0.3) is 5.91 Å². The number of nitrogens with zero attached hydrogens (tertiary/aromatic N) is 2. The van der Waals surface area contributed by atoms with E-state index in [9.17, 15) is 4.79 Å². The second-order valence-corrected chi connectivity index (χ2v) is 5.43. The largest absolute Gasteiger partial charge is 0.398 e. The van der Waals surface area contributed by atoms with E-state index in [1.807, 2.05) is 0 Å². The van der Waals surface area contributed by atoms with Crippen LogP contribution in [-0.4, -0.2) is 41.0 Å². The summed E-state index contributed by atoms with van der Waals surface area (Å²) in [4.78, 5) is 18.7. The molecule has 2 aliphatic heterocycles. The molecule has 2 atom stereocenters. The lowest BCUT2D eigenvalue weighted by Gasteiger charge is -2.32. The molecule has 5 nitrogen and oxygen atoms in total. The first-order valence-electron chi connectivity index (χ1n) is 7.00. The van der Waals surface area contributed by atoms with E-state index in [1.165, 1.54) is 32.0 Å². The highest BCUT2D eigenvalue weighted by Crippen LogP contribution is 2.27. The van der Waals surface area contributed by atoms with Crippen LogP contribution in [0.4, 0.5) is 5.69 Å². The van der Waals surface area contributed by atoms with Crippen molar-refractivity contribution in [2.45, 2.75) is 37.8 Å². The minimum atomic E-state index is -0.0944. The van der Waals surface area contributed by atoms with Crippen LogP contribution in [0.25, 0.3) is 0 Å². The lowest BCUT2D eigenvalue weighted by atomic mass is 9.99. The molecule has 0 radical (unpaired) electrons. The molecule has 3 N–H and O–H groups in total. The Hall–Kier alpha value is -1.62. The molecule has 0 spiro atoms. The van der Waals surface area contributed by atoms with Gasteiger partial charge in [-0.05, 0) is 31.9 Å². The van der Waals surface area contributed by atoms with E-state index in [-0.39, 0.29) is 11.9 Å². The topological polar surface area (TPSA) is 71.2 Å². The summed E-state index contributed by atoms with van der Waals surface area (Å²) >= 11 is 0. The first-order chi connectivity index (χ1) is 9.25. The van der Waals surface area contributed by atoms with Gasteiger partial charge in [-0.3, -0.25) is 14.7 Å². The number of amides is 1. The summed E-state index contributed by atoms with van der Waals surface area (Å²) in [6.45, 7) is 2.27. The van der Waals surface area contributed by atoms with Gasteiger partial charge in [-0.15, -0.1) is 0 Å². The molecule has 2 saturated heterocycles. The molecule has 3 rings (SSSR count). The molecule has 19 heavy (non-hydrogen) atoms. The van der Waals surface area contributed by atoms with Crippen molar-refractivity contribution >= 4 is 11.6 Å². The fraction of sp³-hybridized carbons (Fsp3) is 0.571. The minimum absolute atomic E-state index is 0.0944. The van der Waals surface area contributed by atoms with Gasteiger partial charge >= 0.3 is 0 Å². The zero-order valence-electron chi connectivity index (χ0n) is 11.0. The summed E-state index contributed by atoms with van der Waals surface area (Å²) < 4.78 is 0. The smallest absolute Gasteiger partial charge is 0.255 e. The van der Waals surface area contributed by atoms with E-state index < -0.39 is 0 Å². The number of fused-ring (bicyclic) bond motifs is 1. The SMILES string of the molecule is Nc1ccncc1C(=O)NC1CCN2CCCCC12. The molecule has 1 aromatic heterocycles. The van der Waals surface area contributed by atoms with E-state index in [0.29, 0.717) is 17.3 Å². The zero-order valence-corrected chi connectivity index (χ0v) is 11.0. The Morgan fingerprint density at radius 3 is 3.11 bits per heavy atom. The highest BCUT2D eigenvalue weighted by molar-refractivity contribution is 5.98. The maximum Gasteiger partial charge on any atom is 0.255 e. The monoisotopic (exact) mass is 260 g/mol. The third kappa shape index (κ3) is 2.42. The minimum Gasteiger partial charge on any atom is -0.398 e. The van der Waals surface area contributed by atoms with Crippen molar-refractivity contribution in [1.82, 2.24) is 15.2 Å². The third-order valence-corrected chi connectivity index (χ3v) is 4.27. The molecule has 5 heteroatoms. The van der Waals surface area contributed by atoms with Crippen LogP contribution in [0, 0.1) is 0 Å². The van der Waals surface area contributed by atoms with Crippen molar-refractivity contribution in [2.75, 3.05) is 18.8 Å². The van der Waals surface area contributed by atoms with Crippen molar-refractivity contribution in [3.8, 4) is 0 Å². The highest BCUT2D eigenvalue weighted by Gasteiger charge is 2.36. The first-order valence-corrected chi connectivity index (χ1v) is 7.00. The average Bonchev–Trinajstić information content (AvgIpc) is 2.83. The van der Waals surface area contributed by atoms with Gasteiger partial charge < -0.3 is 11.1 Å². The van der Waals surface area contributed by atoms with Crippen LogP contribution in [0.15, 0.2) is 18.5 Å². The van der Waals surface area contributed by atoms with Crippen molar-refractivity contribution in [2.24, 2.45) is 0 Å². The van der Waals surface area contributed by atoms with Crippen LogP contribution in [0.1, 0.15) is 36.0 Å². The van der Waals surface area contributed by atoms with Gasteiger partial charge in [0.15, 0.2) is 0 Å². The van der Waals surface area contributed by atoms with Gasteiger partial charge in [0, 0.05) is 36.7 Å². The lowest BCUT2D eigenvalue weighted by molar-refractivity contribution is 0.0916. The number of carbonyl (C=O) groups is 1. The van der Waals surface area contributed by atoms with Crippen LogP contribution in [0.3, 0.4) is 0 Å². The average molecular weight is 260 g/mol. The summed E-state index contributed by atoms with van der Waals surface area (Å²) in [5.41, 5.74) is 6.79. The van der Waals surface area contributed by atoms with Crippen LogP contribution >= 0.6 is 0 Å². The number of pyridine rings is 1. The number of hydrogen-bond acceptors (Lipinski definition) is 4. The van der Waals surface area contributed by atoms with Crippen molar-refractivity contribution < 1.29 is 4.79 Å². The fourth-order valence-corrected chi connectivity index (χ4v) is 3.26. The molecule has 3 heterocycles. The van der Waals surface area contributed by atoms with E-state index in [2.05, 4.69) is 15.2 Å². The Morgan fingerprint density at radius 2 is 2.26 bits per heavy atom. The summed E-state index contributed by atoms with van der Waals surface area (Å²) in [7, 11) is 0. The van der Waals surface area contributed by atoms with Crippen LogP contribution in [0.5, 0.6) is 0 Å². The van der Waals surface area contributed by atoms with E-state index >= 15 is 0 Å². The van der Waals surface area contributed by atoms with Gasteiger partial charge in [0.2, 0.25) is 0 Å². The van der Waals surface area contributed by atoms with Gasteiger partial charge in [-0.2, -0.15) is 0 Å². The number of piperidine rings is 1. The first kappa shape index (κ1) is 12.4. The van der Waals surface area contributed by atoms with E-state index in [1.54, 1.807) is 12.3 Å². The zero-order chi connectivity index (χ0) is 13.2. The number of nitrogens with one attached hydrogen (secondary N) is 1. The number of nitrogens with two attached hydrogens (primary N) is 1. The maximum atomic E-state index is 12.2.